The van der Waals surface area contributed by atoms with Gasteiger partial charge in [0.15, 0.2) is 0 Å². The summed E-state index contributed by atoms with van der Waals surface area (Å²) in [5.41, 5.74) is 2.68. The number of hydrogen-bond acceptors (Lipinski definition) is 5. The molecular formula is C27H26N2O3S2. The molecule has 0 aliphatic heterocycles. The van der Waals surface area contributed by atoms with E-state index in [0.29, 0.717) is 12.2 Å². The Morgan fingerprint density at radius 1 is 0.971 bits per heavy atom. The average Bonchev–Trinajstić information content (AvgIpc) is 3.56. The van der Waals surface area contributed by atoms with Crippen molar-refractivity contribution in [1.29, 1.82) is 0 Å². The lowest BCUT2D eigenvalue weighted by Crippen LogP contribution is -2.44. The van der Waals surface area contributed by atoms with Gasteiger partial charge in [0, 0.05) is 22.0 Å². The molecule has 4 rings (SSSR count). The Hall–Kier alpha value is -3.42. The third-order valence-corrected chi connectivity index (χ3v) is 7.20. The number of carbonyl (C=O) groups excluding carboxylic acids is 2. The van der Waals surface area contributed by atoms with Crippen molar-refractivity contribution < 1.29 is 14.3 Å². The summed E-state index contributed by atoms with van der Waals surface area (Å²) in [7, 11) is 1.62. The highest BCUT2D eigenvalue weighted by atomic mass is 32.1. The second-order valence-corrected chi connectivity index (χ2v) is 9.85. The number of methoxy groups -OCH3 is 1. The van der Waals surface area contributed by atoms with Crippen LogP contribution in [0.3, 0.4) is 0 Å². The Morgan fingerprint density at radius 3 is 2.38 bits per heavy atom. The molecule has 2 aromatic carbocycles. The molecule has 0 spiro atoms. The summed E-state index contributed by atoms with van der Waals surface area (Å²) >= 11 is 3.01. The fourth-order valence-corrected chi connectivity index (χ4v) is 5.22. The summed E-state index contributed by atoms with van der Waals surface area (Å²) in [6.07, 6.45) is 0.235. The van der Waals surface area contributed by atoms with E-state index in [4.69, 9.17) is 4.74 Å². The third kappa shape index (κ3) is 5.73. The van der Waals surface area contributed by atoms with E-state index in [0.717, 1.165) is 26.6 Å². The summed E-state index contributed by atoms with van der Waals surface area (Å²) in [5.74, 6) is 0.418. The van der Waals surface area contributed by atoms with Crippen LogP contribution in [0.4, 0.5) is 5.69 Å². The lowest BCUT2D eigenvalue weighted by atomic mass is 10.1. The van der Waals surface area contributed by atoms with Crippen molar-refractivity contribution in [2.24, 2.45) is 0 Å². The molecule has 0 unspecified atom stereocenters. The van der Waals surface area contributed by atoms with Gasteiger partial charge >= 0.3 is 0 Å². The Bertz CT molecular complexity index is 1220. The molecule has 2 aromatic heterocycles. The number of amides is 2. The number of thiophene rings is 2. The number of hydrogen-bond donors (Lipinski definition) is 1. The maximum absolute atomic E-state index is 13.7. The van der Waals surface area contributed by atoms with Crippen molar-refractivity contribution in [1.82, 2.24) is 5.32 Å². The largest absolute Gasteiger partial charge is 0.497 e. The van der Waals surface area contributed by atoms with Gasteiger partial charge < -0.3 is 10.1 Å². The van der Waals surface area contributed by atoms with Gasteiger partial charge in [0.1, 0.15) is 11.8 Å². The molecule has 2 heterocycles. The zero-order valence-corrected chi connectivity index (χ0v) is 20.7. The Kier molecular flexibility index (Phi) is 7.77. The number of nitrogens with zero attached hydrogens (tertiary/aromatic N) is 1. The lowest BCUT2D eigenvalue weighted by Gasteiger charge is -2.31. The maximum Gasteiger partial charge on any atom is 0.248 e. The van der Waals surface area contributed by atoms with Crippen LogP contribution in [0.25, 0.3) is 0 Å². The van der Waals surface area contributed by atoms with E-state index < -0.39 is 6.04 Å². The van der Waals surface area contributed by atoms with E-state index in [1.54, 1.807) is 12.0 Å². The SMILES string of the molecule is COc1ccc(CNC(=O)[C@@H](c2cccs2)N(C(=O)Cc2cccs2)c2cccc(C)c2)cc1. The molecule has 4 aromatic rings. The van der Waals surface area contributed by atoms with Crippen LogP contribution in [-0.4, -0.2) is 18.9 Å². The van der Waals surface area contributed by atoms with Crippen molar-refractivity contribution in [3.63, 3.8) is 0 Å². The van der Waals surface area contributed by atoms with Crippen LogP contribution < -0.4 is 15.0 Å². The first-order chi connectivity index (χ1) is 16.5. The molecular weight excluding hydrogens is 464 g/mol. The number of ether oxygens (including phenoxy) is 1. The summed E-state index contributed by atoms with van der Waals surface area (Å²) < 4.78 is 5.21. The van der Waals surface area contributed by atoms with Gasteiger partial charge in [-0.3, -0.25) is 14.5 Å². The average molecular weight is 491 g/mol. The van der Waals surface area contributed by atoms with Crippen molar-refractivity contribution in [2.75, 3.05) is 12.0 Å². The van der Waals surface area contributed by atoms with Crippen molar-refractivity contribution in [3.05, 3.63) is 104 Å². The van der Waals surface area contributed by atoms with Gasteiger partial charge in [-0.1, -0.05) is 36.4 Å². The minimum absolute atomic E-state index is 0.119. The van der Waals surface area contributed by atoms with Crippen LogP contribution in [0.15, 0.2) is 83.6 Å². The number of rotatable bonds is 9. The molecule has 0 saturated carbocycles. The van der Waals surface area contributed by atoms with Crippen LogP contribution in [-0.2, 0) is 22.6 Å². The number of aryl methyl sites for hydroxylation is 1. The summed E-state index contributed by atoms with van der Waals surface area (Å²) in [6, 6.07) is 22.2. The van der Waals surface area contributed by atoms with Crippen LogP contribution in [0.1, 0.15) is 26.9 Å². The molecule has 174 valence electrons. The topological polar surface area (TPSA) is 58.6 Å². The molecule has 1 atom stereocenters. The molecule has 2 amide bonds. The summed E-state index contributed by atoms with van der Waals surface area (Å²) in [4.78, 5) is 30.7. The van der Waals surface area contributed by atoms with Gasteiger partial charge in [0.05, 0.1) is 13.5 Å². The first-order valence-corrected chi connectivity index (χ1v) is 12.7. The minimum Gasteiger partial charge on any atom is -0.497 e. The predicted octanol–water partition coefficient (Wildman–Crippen LogP) is 5.76. The Labute approximate surface area is 207 Å². The number of anilines is 1. The summed E-state index contributed by atoms with van der Waals surface area (Å²) in [6.45, 7) is 2.33. The Balaban J connectivity index is 1.65. The highest BCUT2D eigenvalue weighted by Gasteiger charge is 2.33. The van der Waals surface area contributed by atoms with Gasteiger partial charge in [-0.2, -0.15) is 0 Å². The quantitative estimate of drug-likeness (QED) is 0.325. The fourth-order valence-electron chi connectivity index (χ4n) is 3.71. The number of benzene rings is 2. The molecule has 0 aliphatic carbocycles. The van der Waals surface area contributed by atoms with Gasteiger partial charge in [0.2, 0.25) is 11.8 Å². The second kappa shape index (κ2) is 11.1. The fraction of sp³-hybridized carbons (Fsp3) is 0.185. The molecule has 1 N–H and O–H groups in total. The molecule has 0 aliphatic rings. The third-order valence-electron chi connectivity index (χ3n) is 5.40. The van der Waals surface area contributed by atoms with Gasteiger partial charge in [-0.15, -0.1) is 22.7 Å². The maximum atomic E-state index is 13.7. The molecule has 0 fully saturated rings. The van der Waals surface area contributed by atoms with Crippen LogP contribution in [0, 0.1) is 6.92 Å². The van der Waals surface area contributed by atoms with Gasteiger partial charge in [-0.25, -0.2) is 0 Å². The molecule has 5 nitrogen and oxygen atoms in total. The molecule has 0 bridgehead atoms. The van der Waals surface area contributed by atoms with Crippen LogP contribution >= 0.6 is 22.7 Å². The van der Waals surface area contributed by atoms with E-state index >= 15 is 0 Å². The molecule has 7 heteroatoms. The lowest BCUT2D eigenvalue weighted by molar-refractivity contribution is -0.126. The van der Waals surface area contributed by atoms with Gasteiger partial charge in [-0.05, 0) is 65.2 Å². The standard InChI is InChI=1S/C27H26N2O3S2/c1-19-6-3-7-21(16-19)29(25(30)17-23-8-4-14-33-23)26(24-9-5-15-34-24)27(31)28-18-20-10-12-22(32-2)13-11-20/h3-16,26H,17-18H2,1-2H3,(H,28,31)/t26-/m1/s1. The van der Waals surface area contributed by atoms with E-state index in [-0.39, 0.29) is 18.2 Å². The first-order valence-electron chi connectivity index (χ1n) is 10.9. The molecule has 0 saturated heterocycles. The molecule has 0 radical (unpaired) electrons. The number of carbonyl (C=O) groups is 2. The zero-order chi connectivity index (χ0) is 23.9. The van der Waals surface area contributed by atoms with E-state index in [2.05, 4.69) is 5.32 Å². The highest BCUT2D eigenvalue weighted by Crippen LogP contribution is 2.32. The first kappa shape index (κ1) is 23.7. The Morgan fingerprint density at radius 2 is 1.74 bits per heavy atom. The van der Waals surface area contributed by atoms with E-state index in [9.17, 15) is 9.59 Å². The second-order valence-electron chi connectivity index (χ2n) is 7.84. The van der Waals surface area contributed by atoms with Crippen molar-refractivity contribution >= 4 is 40.2 Å². The molecule has 34 heavy (non-hydrogen) atoms. The highest BCUT2D eigenvalue weighted by molar-refractivity contribution is 7.10. The number of nitrogens with one attached hydrogen (secondary N) is 1. The zero-order valence-electron chi connectivity index (χ0n) is 19.1. The normalized spacial score (nSPS) is 11.6. The van der Waals surface area contributed by atoms with Crippen LogP contribution in [0.2, 0.25) is 0 Å². The summed E-state index contributed by atoms with van der Waals surface area (Å²) in [5, 5.41) is 6.92. The van der Waals surface area contributed by atoms with E-state index in [1.807, 2.05) is 90.5 Å². The smallest absolute Gasteiger partial charge is 0.248 e. The van der Waals surface area contributed by atoms with Crippen molar-refractivity contribution in [2.45, 2.75) is 25.9 Å². The minimum atomic E-state index is -0.771. The van der Waals surface area contributed by atoms with Crippen LogP contribution in [0.5, 0.6) is 5.75 Å². The van der Waals surface area contributed by atoms with Gasteiger partial charge in [0.25, 0.3) is 0 Å². The van der Waals surface area contributed by atoms with Crippen molar-refractivity contribution in [3.8, 4) is 5.75 Å². The van der Waals surface area contributed by atoms with E-state index in [1.165, 1.54) is 22.7 Å². The predicted molar refractivity (Wildman–Crippen MR) is 139 cm³/mol. The monoisotopic (exact) mass is 490 g/mol.